The minimum Gasteiger partial charge on any atom is -0.481 e. The molecule has 1 aromatic carbocycles. The molecule has 76 valence electrons. The molecule has 0 saturated heterocycles. The van der Waals surface area contributed by atoms with E-state index in [0.717, 1.165) is 11.1 Å². The van der Waals surface area contributed by atoms with Gasteiger partial charge < -0.3 is 5.11 Å². The highest BCUT2D eigenvalue weighted by molar-refractivity contribution is 7.85. The lowest BCUT2D eigenvalue weighted by Crippen LogP contribution is -2.09. The van der Waals surface area contributed by atoms with Crippen molar-refractivity contribution in [3.8, 4) is 0 Å². The van der Waals surface area contributed by atoms with Gasteiger partial charge >= 0.3 is 5.97 Å². The summed E-state index contributed by atoms with van der Waals surface area (Å²) < 4.78 is 11.4. The van der Waals surface area contributed by atoms with E-state index >= 15 is 0 Å². The smallest absolute Gasteiger partial charge is 0.316 e. The van der Waals surface area contributed by atoms with Crippen molar-refractivity contribution in [3.63, 3.8) is 0 Å². The van der Waals surface area contributed by atoms with Crippen molar-refractivity contribution in [2.45, 2.75) is 18.7 Å². The number of aryl methyl sites for hydroxylation is 2. The first kappa shape index (κ1) is 10.9. The molecule has 0 aliphatic carbocycles. The highest BCUT2D eigenvalue weighted by atomic mass is 32.2. The number of carbonyl (C=O) groups is 1. The van der Waals surface area contributed by atoms with Crippen molar-refractivity contribution in [1.82, 2.24) is 0 Å². The van der Waals surface area contributed by atoms with Gasteiger partial charge in [-0.3, -0.25) is 9.00 Å². The zero-order valence-corrected chi connectivity index (χ0v) is 8.93. The Morgan fingerprint density at radius 1 is 1.36 bits per heavy atom. The van der Waals surface area contributed by atoms with E-state index in [1.165, 1.54) is 0 Å². The van der Waals surface area contributed by atoms with Crippen molar-refractivity contribution < 1.29 is 14.1 Å². The minimum atomic E-state index is -1.43. The molecule has 0 aliphatic rings. The first-order valence-electron chi connectivity index (χ1n) is 4.18. The van der Waals surface area contributed by atoms with E-state index in [1.54, 1.807) is 12.1 Å². The fourth-order valence-corrected chi connectivity index (χ4v) is 1.97. The number of aliphatic carboxylic acids is 1. The van der Waals surface area contributed by atoms with Crippen LogP contribution in [0, 0.1) is 13.8 Å². The van der Waals surface area contributed by atoms with Crippen LogP contribution in [0.1, 0.15) is 11.1 Å². The molecule has 0 radical (unpaired) electrons. The second-order valence-electron chi connectivity index (χ2n) is 3.13. The molecular formula is C10H12O3S. The fourth-order valence-electron chi connectivity index (χ4n) is 1.05. The molecule has 0 aromatic heterocycles. The molecule has 0 spiro atoms. The highest BCUT2D eigenvalue weighted by Crippen LogP contribution is 2.13. The van der Waals surface area contributed by atoms with Gasteiger partial charge in [0.2, 0.25) is 0 Å². The number of benzene rings is 1. The summed E-state index contributed by atoms with van der Waals surface area (Å²) >= 11 is 0. The van der Waals surface area contributed by atoms with Gasteiger partial charge in [0.15, 0.2) is 0 Å². The van der Waals surface area contributed by atoms with Gasteiger partial charge in [0.05, 0.1) is 10.8 Å². The molecule has 0 fully saturated rings. The van der Waals surface area contributed by atoms with Crippen LogP contribution >= 0.6 is 0 Å². The number of hydrogen-bond acceptors (Lipinski definition) is 2. The Balaban J connectivity index is 2.91. The van der Waals surface area contributed by atoms with Crippen LogP contribution in [0.5, 0.6) is 0 Å². The standard InChI is InChI=1S/C10H12O3S/c1-7-3-4-9(5-8(7)2)14(13)6-10(11)12/h3-5H,6H2,1-2H3,(H,11,12). The molecular weight excluding hydrogens is 200 g/mol. The second-order valence-corrected chi connectivity index (χ2v) is 4.58. The average Bonchev–Trinajstić information content (AvgIpc) is 2.08. The van der Waals surface area contributed by atoms with Gasteiger partial charge in [0.1, 0.15) is 5.75 Å². The summed E-state index contributed by atoms with van der Waals surface area (Å²) in [7, 11) is -1.43. The molecule has 4 heteroatoms. The maximum Gasteiger partial charge on any atom is 0.316 e. The maximum absolute atomic E-state index is 11.4. The Morgan fingerprint density at radius 2 is 2.00 bits per heavy atom. The van der Waals surface area contributed by atoms with Crippen LogP contribution in [0.4, 0.5) is 0 Å². The molecule has 1 unspecified atom stereocenters. The molecule has 0 aliphatic heterocycles. The lowest BCUT2D eigenvalue weighted by Gasteiger charge is -2.03. The normalized spacial score (nSPS) is 12.4. The van der Waals surface area contributed by atoms with Gasteiger partial charge in [-0.2, -0.15) is 0 Å². The molecule has 3 nitrogen and oxygen atoms in total. The molecule has 0 saturated carbocycles. The van der Waals surface area contributed by atoms with Crippen LogP contribution in [-0.2, 0) is 15.6 Å². The predicted octanol–water partition coefficient (Wildman–Crippen LogP) is 1.50. The summed E-state index contributed by atoms with van der Waals surface area (Å²) in [5, 5.41) is 8.48. The van der Waals surface area contributed by atoms with E-state index in [9.17, 15) is 9.00 Å². The summed E-state index contributed by atoms with van der Waals surface area (Å²) in [5.74, 6) is -1.37. The van der Waals surface area contributed by atoms with Crippen LogP contribution in [0.2, 0.25) is 0 Å². The van der Waals surface area contributed by atoms with Crippen molar-refractivity contribution >= 4 is 16.8 Å². The summed E-state index contributed by atoms with van der Waals surface area (Å²) in [4.78, 5) is 10.9. The molecule has 14 heavy (non-hydrogen) atoms. The van der Waals surface area contributed by atoms with Gasteiger partial charge in [0.25, 0.3) is 0 Å². The number of carboxylic acids is 1. The van der Waals surface area contributed by atoms with E-state index in [0.29, 0.717) is 4.90 Å². The number of hydrogen-bond donors (Lipinski definition) is 1. The predicted molar refractivity (Wildman–Crippen MR) is 54.8 cm³/mol. The van der Waals surface area contributed by atoms with Crippen LogP contribution in [0.25, 0.3) is 0 Å². The highest BCUT2D eigenvalue weighted by Gasteiger charge is 2.08. The van der Waals surface area contributed by atoms with Crippen molar-refractivity contribution in [3.05, 3.63) is 29.3 Å². The van der Waals surface area contributed by atoms with Crippen LogP contribution in [0.15, 0.2) is 23.1 Å². The average molecular weight is 212 g/mol. The van der Waals surface area contributed by atoms with E-state index < -0.39 is 16.8 Å². The second kappa shape index (κ2) is 4.37. The Hall–Kier alpha value is -1.16. The number of rotatable bonds is 3. The quantitative estimate of drug-likeness (QED) is 0.826. The Morgan fingerprint density at radius 3 is 2.50 bits per heavy atom. The van der Waals surface area contributed by atoms with Crippen molar-refractivity contribution in [1.29, 1.82) is 0 Å². The van der Waals surface area contributed by atoms with Gasteiger partial charge in [-0.1, -0.05) is 6.07 Å². The SMILES string of the molecule is Cc1ccc(S(=O)CC(=O)O)cc1C. The van der Waals surface area contributed by atoms with Crippen molar-refractivity contribution in [2.24, 2.45) is 0 Å². The molecule has 1 aromatic rings. The lowest BCUT2D eigenvalue weighted by atomic mass is 10.1. The lowest BCUT2D eigenvalue weighted by molar-refractivity contribution is -0.133. The Kier molecular flexibility index (Phi) is 3.41. The van der Waals surface area contributed by atoms with E-state index in [-0.39, 0.29) is 5.75 Å². The van der Waals surface area contributed by atoms with Crippen molar-refractivity contribution in [2.75, 3.05) is 5.75 Å². The van der Waals surface area contributed by atoms with Crippen LogP contribution in [-0.4, -0.2) is 21.0 Å². The first-order chi connectivity index (χ1) is 6.50. The third-order valence-corrected chi connectivity index (χ3v) is 3.28. The van der Waals surface area contributed by atoms with Gasteiger partial charge in [0, 0.05) is 4.90 Å². The monoisotopic (exact) mass is 212 g/mol. The molecule has 1 atom stereocenters. The van der Waals surface area contributed by atoms with E-state index in [1.807, 2.05) is 19.9 Å². The van der Waals surface area contributed by atoms with E-state index in [2.05, 4.69) is 0 Å². The zero-order valence-electron chi connectivity index (χ0n) is 8.11. The molecule has 0 heterocycles. The summed E-state index contributed by atoms with van der Waals surface area (Å²) in [5.41, 5.74) is 2.14. The summed E-state index contributed by atoms with van der Waals surface area (Å²) in [6, 6.07) is 5.33. The third kappa shape index (κ3) is 2.67. The van der Waals surface area contributed by atoms with Gasteiger partial charge in [-0.05, 0) is 37.1 Å². The zero-order chi connectivity index (χ0) is 10.7. The summed E-state index contributed by atoms with van der Waals surface area (Å²) in [6.45, 7) is 3.87. The topological polar surface area (TPSA) is 54.4 Å². The van der Waals surface area contributed by atoms with Gasteiger partial charge in [-0.15, -0.1) is 0 Å². The van der Waals surface area contributed by atoms with Crippen LogP contribution in [0.3, 0.4) is 0 Å². The largest absolute Gasteiger partial charge is 0.481 e. The summed E-state index contributed by atoms with van der Waals surface area (Å²) in [6.07, 6.45) is 0. The minimum absolute atomic E-state index is 0.331. The van der Waals surface area contributed by atoms with Gasteiger partial charge in [-0.25, -0.2) is 0 Å². The van der Waals surface area contributed by atoms with E-state index in [4.69, 9.17) is 5.11 Å². The maximum atomic E-state index is 11.4. The fraction of sp³-hybridized carbons (Fsp3) is 0.300. The molecule has 0 amide bonds. The third-order valence-electron chi connectivity index (χ3n) is 2.00. The Bertz CT molecular complexity index is 385. The molecule has 0 bridgehead atoms. The Labute approximate surface area is 85.2 Å². The number of carboxylic acid groups (broad SMARTS) is 1. The molecule has 1 N–H and O–H groups in total. The molecule has 1 rings (SSSR count). The van der Waals surface area contributed by atoms with Crippen LogP contribution < -0.4 is 0 Å². The first-order valence-corrected chi connectivity index (χ1v) is 5.50.